The number of benzene rings is 1. The Morgan fingerprint density at radius 1 is 1.28 bits per heavy atom. The number of rotatable bonds is 4. The van der Waals surface area contributed by atoms with Crippen LogP contribution in [0.2, 0.25) is 0 Å². The largest absolute Gasteiger partial charge is 0.488 e. The second-order valence-corrected chi connectivity index (χ2v) is 6.82. The van der Waals surface area contributed by atoms with Crippen LogP contribution in [0.5, 0.6) is 5.75 Å². The molecule has 5 heteroatoms. The number of hydrogen-bond donors (Lipinski definition) is 1. The van der Waals surface area contributed by atoms with Gasteiger partial charge in [0, 0.05) is 30.8 Å². The van der Waals surface area contributed by atoms with E-state index >= 15 is 0 Å². The molecular formula is C13H13Br2NOS. The Morgan fingerprint density at radius 2 is 2.06 bits per heavy atom. The van der Waals surface area contributed by atoms with E-state index in [1.165, 1.54) is 4.88 Å². The summed E-state index contributed by atoms with van der Waals surface area (Å²) in [5.74, 6) is 0.837. The molecule has 0 fully saturated rings. The van der Waals surface area contributed by atoms with Gasteiger partial charge in [0.25, 0.3) is 0 Å². The van der Waals surface area contributed by atoms with Crippen molar-refractivity contribution in [1.29, 1.82) is 0 Å². The monoisotopic (exact) mass is 389 g/mol. The van der Waals surface area contributed by atoms with Crippen LogP contribution < -0.4 is 10.5 Å². The van der Waals surface area contributed by atoms with Crippen LogP contribution in [0.25, 0.3) is 0 Å². The molecule has 1 aromatic carbocycles. The Kier molecular flexibility index (Phi) is 4.84. The van der Waals surface area contributed by atoms with Gasteiger partial charge < -0.3 is 10.5 Å². The molecule has 0 amide bonds. The second kappa shape index (κ2) is 6.19. The van der Waals surface area contributed by atoms with E-state index in [0.717, 1.165) is 20.3 Å². The van der Waals surface area contributed by atoms with Crippen LogP contribution in [-0.2, 0) is 6.61 Å². The predicted octanol–water partition coefficient (Wildman–Crippen LogP) is 4.87. The molecule has 0 aliphatic heterocycles. The minimum Gasteiger partial charge on any atom is -0.488 e. The maximum atomic E-state index is 5.94. The fraction of sp³-hybridized carbons (Fsp3) is 0.231. The molecule has 0 aliphatic carbocycles. The third-order valence-electron chi connectivity index (χ3n) is 2.46. The average Bonchev–Trinajstić information content (AvgIpc) is 2.72. The quantitative estimate of drug-likeness (QED) is 0.807. The minimum atomic E-state index is -0.0387. The molecule has 0 spiro atoms. The number of nitrogens with two attached hydrogens (primary N) is 1. The van der Waals surface area contributed by atoms with Gasteiger partial charge in [-0.2, -0.15) is 0 Å². The van der Waals surface area contributed by atoms with E-state index in [4.69, 9.17) is 10.5 Å². The van der Waals surface area contributed by atoms with Gasteiger partial charge in [-0.15, -0.1) is 11.3 Å². The Labute approximate surface area is 127 Å². The molecule has 2 N–H and O–H groups in total. The van der Waals surface area contributed by atoms with Crippen molar-refractivity contribution >= 4 is 43.2 Å². The number of halogens is 2. The molecule has 1 aromatic heterocycles. The first-order valence-corrected chi connectivity index (χ1v) is 7.93. The fourth-order valence-electron chi connectivity index (χ4n) is 1.59. The van der Waals surface area contributed by atoms with Gasteiger partial charge in [0.15, 0.2) is 0 Å². The van der Waals surface area contributed by atoms with Crippen LogP contribution in [0, 0.1) is 0 Å². The van der Waals surface area contributed by atoms with Gasteiger partial charge in [-0.25, -0.2) is 0 Å². The fourth-order valence-corrected chi connectivity index (χ4v) is 3.29. The van der Waals surface area contributed by atoms with Gasteiger partial charge in [0.2, 0.25) is 0 Å². The molecule has 96 valence electrons. The van der Waals surface area contributed by atoms with E-state index in [1.807, 2.05) is 30.5 Å². The van der Waals surface area contributed by atoms with Crippen molar-refractivity contribution < 1.29 is 4.74 Å². The molecule has 0 saturated heterocycles. The summed E-state index contributed by atoms with van der Waals surface area (Å²) in [6.45, 7) is 2.52. The molecule has 0 aliphatic rings. The lowest BCUT2D eigenvalue weighted by Gasteiger charge is -2.14. The molecule has 2 aromatic rings. The number of ether oxygens (including phenoxy) is 1. The van der Waals surface area contributed by atoms with Crippen LogP contribution in [-0.4, -0.2) is 0 Å². The lowest BCUT2D eigenvalue weighted by atomic mass is 10.1. The Morgan fingerprint density at radius 3 is 2.67 bits per heavy atom. The number of hydrogen-bond acceptors (Lipinski definition) is 3. The number of thiophene rings is 1. The Hall–Kier alpha value is -0.360. The molecule has 2 nitrogen and oxygen atoms in total. The van der Waals surface area contributed by atoms with E-state index in [1.54, 1.807) is 11.3 Å². The van der Waals surface area contributed by atoms with Crippen LogP contribution >= 0.6 is 43.2 Å². The highest BCUT2D eigenvalue weighted by Crippen LogP contribution is 2.29. The van der Waals surface area contributed by atoms with Gasteiger partial charge in [0.05, 0.1) is 0 Å². The van der Waals surface area contributed by atoms with Gasteiger partial charge in [-0.05, 0) is 41.1 Å². The van der Waals surface area contributed by atoms with Crippen molar-refractivity contribution in [1.82, 2.24) is 0 Å². The topological polar surface area (TPSA) is 35.2 Å². The summed E-state index contributed by atoms with van der Waals surface area (Å²) in [6, 6.07) is 7.96. The summed E-state index contributed by atoms with van der Waals surface area (Å²) in [5.41, 5.74) is 6.96. The molecule has 1 unspecified atom stereocenters. The molecule has 18 heavy (non-hydrogen) atoms. The molecule has 1 heterocycles. The maximum Gasteiger partial charge on any atom is 0.125 e. The zero-order valence-corrected chi connectivity index (χ0v) is 13.8. The molecule has 0 radical (unpaired) electrons. The smallest absolute Gasteiger partial charge is 0.125 e. The van der Waals surface area contributed by atoms with Crippen molar-refractivity contribution in [2.75, 3.05) is 0 Å². The van der Waals surface area contributed by atoms with Crippen molar-refractivity contribution in [3.63, 3.8) is 0 Å². The van der Waals surface area contributed by atoms with E-state index in [-0.39, 0.29) is 6.04 Å². The summed E-state index contributed by atoms with van der Waals surface area (Å²) in [7, 11) is 0. The summed E-state index contributed by atoms with van der Waals surface area (Å²) >= 11 is 8.56. The first-order chi connectivity index (χ1) is 8.56. The SMILES string of the molecule is CC(N)c1ccc(Br)cc1OCc1cc(Br)cs1. The van der Waals surface area contributed by atoms with Crippen molar-refractivity contribution in [3.8, 4) is 5.75 Å². The summed E-state index contributed by atoms with van der Waals surface area (Å²) in [4.78, 5) is 1.18. The summed E-state index contributed by atoms with van der Waals surface area (Å²) in [6.07, 6.45) is 0. The molecule has 0 saturated carbocycles. The van der Waals surface area contributed by atoms with Crippen molar-refractivity contribution in [2.45, 2.75) is 19.6 Å². The van der Waals surface area contributed by atoms with E-state index in [0.29, 0.717) is 6.61 Å². The lowest BCUT2D eigenvalue weighted by Crippen LogP contribution is -2.07. The highest BCUT2D eigenvalue weighted by atomic mass is 79.9. The second-order valence-electron chi connectivity index (χ2n) is 3.99. The van der Waals surface area contributed by atoms with Gasteiger partial charge in [0.1, 0.15) is 12.4 Å². The minimum absolute atomic E-state index is 0.0387. The van der Waals surface area contributed by atoms with Crippen LogP contribution in [0.1, 0.15) is 23.4 Å². The lowest BCUT2D eigenvalue weighted by molar-refractivity contribution is 0.305. The predicted molar refractivity (Wildman–Crippen MR) is 83.1 cm³/mol. The van der Waals surface area contributed by atoms with Crippen LogP contribution in [0.4, 0.5) is 0 Å². The van der Waals surface area contributed by atoms with E-state index in [9.17, 15) is 0 Å². The highest BCUT2D eigenvalue weighted by molar-refractivity contribution is 9.10. The zero-order chi connectivity index (χ0) is 13.1. The van der Waals surface area contributed by atoms with Crippen molar-refractivity contribution in [3.05, 3.63) is 49.0 Å². The first-order valence-electron chi connectivity index (χ1n) is 5.47. The van der Waals surface area contributed by atoms with Gasteiger partial charge >= 0.3 is 0 Å². The highest BCUT2D eigenvalue weighted by Gasteiger charge is 2.09. The Balaban J connectivity index is 2.15. The third-order valence-corrected chi connectivity index (χ3v) is 4.62. The maximum absolute atomic E-state index is 5.94. The standard InChI is InChI=1S/C13H13Br2NOS/c1-8(16)12-3-2-9(14)5-13(12)17-6-11-4-10(15)7-18-11/h2-5,7-8H,6,16H2,1H3. The van der Waals surface area contributed by atoms with Crippen LogP contribution in [0.3, 0.4) is 0 Å². The van der Waals surface area contributed by atoms with Crippen LogP contribution in [0.15, 0.2) is 38.6 Å². The zero-order valence-electron chi connectivity index (χ0n) is 9.82. The molecule has 0 bridgehead atoms. The Bertz CT molecular complexity index is 540. The van der Waals surface area contributed by atoms with E-state index < -0.39 is 0 Å². The van der Waals surface area contributed by atoms with Gasteiger partial charge in [-0.3, -0.25) is 0 Å². The molecular weight excluding hydrogens is 378 g/mol. The third kappa shape index (κ3) is 3.57. The normalized spacial score (nSPS) is 12.4. The summed E-state index contributed by atoms with van der Waals surface area (Å²) in [5, 5.41) is 2.05. The summed E-state index contributed by atoms with van der Waals surface area (Å²) < 4.78 is 7.94. The first kappa shape index (κ1) is 14.1. The average molecular weight is 391 g/mol. The van der Waals surface area contributed by atoms with Crippen molar-refractivity contribution in [2.24, 2.45) is 5.73 Å². The molecule has 1 atom stereocenters. The van der Waals surface area contributed by atoms with E-state index in [2.05, 4.69) is 37.9 Å². The van der Waals surface area contributed by atoms with Gasteiger partial charge in [-0.1, -0.05) is 22.0 Å². The molecule has 2 rings (SSSR count).